The molecule has 0 aliphatic carbocycles. The van der Waals surface area contributed by atoms with Gasteiger partial charge < -0.3 is 28.9 Å². The second-order valence-electron chi connectivity index (χ2n) is 1.21. The topological polar surface area (TPSA) is 193 Å². The van der Waals surface area contributed by atoms with E-state index in [0.29, 0.717) is 0 Å². The zero-order chi connectivity index (χ0) is 9.28. The lowest BCUT2D eigenvalue weighted by Crippen LogP contribution is -2.37. The molecule has 0 rings (SSSR count). The molecular formula is C2H13N9. The molecule has 0 unspecified atom stereocenters. The second kappa shape index (κ2) is 8.10. The standard InChI is InChI=1S/CH7N5.CH6N4/c2-1(5-3)6-4;2-1(3)5-4/h3-4H2,(H3,2,5,6);4H2,(H4,2,3,5). The maximum atomic E-state index is 4.86. The van der Waals surface area contributed by atoms with Gasteiger partial charge >= 0.3 is 0 Å². The van der Waals surface area contributed by atoms with Crippen LogP contribution in [0, 0.1) is 0 Å². The van der Waals surface area contributed by atoms with Crippen molar-refractivity contribution in [1.82, 2.24) is 5.43 Å². The Morgan fingerprint density at radius 2 is 1.36 bits per heavy atom. The summed E-state index contributed by atoms with van der Waals surface area (Å²) in [5, 5.41) is 5.83. The summed E-state index contributed by atoms with van der Waals surface area (Å²) in [5.41, 5.74) is 16.3. The summed E-state index contributed by atoms with van der Waals surface area (Å²) in [6, 6.07) is 0. The number of rotatable bonds is 0. The van der Waals surface area contributed by atoms with Gasteiger partial charge in [-0.15, -0.1) is 10.2 Å². The molecule has 9 heteroatoms. The maximum Gasteiger partial charge on any atom is 0.224 e. The third-order valence-corrected chi connectivity index (χ3v) is 0.436. The first-order chi connectivity index (χ1) is 5.08. The summed E-state index contributed by atoms with van der Waals surface area (Å²) < 4.78 is 0. The molecule has 0 bridgehead atoms. The van der Waals surface area contributed by atoms with Gasteiger partial charge in [0.1, 0.15) is 0 Å². The summed E-state index contributed by atoms with van der Waals surface area (Å²) in [6.45, 7) is 0. The van der Waals surface area contributed by atoms with E-state index in [4.69, 9.17) is 23.0 Å². The van der Waals surface area contributed by atoms with Crippen molar-refractivity contribution >= 4 is 11.9 Å². The van der Waals surface area contributed by atoms with Gasteiger partial charge in [0.2, 0.25) is 11.9 Å². The van der Waals surface area contributed by atoms with E-state index < -0.39 is 0 Å². The van der Waals surface area contributed by atoms with Gasteiger partial charge in [-0.2, -0.15) is 0 Å². The molecule has 0 radical (unpaired) electrons. The molecule has 0 spiro atoms. The average Bonchev–Trinajstić information content (AvgIpc) is 2.04. The fraction of sp³-hybridized carbons (Fsp3) is 0. The van der Waals surface area contributed by atoms with E-state index in [1.165, 1.54) is 0 Å². The molecule has 66 valence electrons. The third kappa shape index (κ3) is 17.9. The van der Waals surface area contributed by atoms with Crippen LogP contribution in [0.1, 0.15) is 0 Å². The van der Waals surface area contributed by atoms with Crippen molar-refractivity contribution in [3.05, 3.63) is 0 Å². The van der Waals surface area contributed by atoms with Crippen molar-refractivity contribution in [2.24, 2.45) is 44.9 Å². The molecule has 0 heterocycles. The highest BCUT2D eigenvalue weighted by molar-refractivity contribution is 5.76. The molecule has 11 heavy (non-hydrogen) atoms. The third-order valence-electron chi connectivity index (χ3n) is 0.436. The average molecular weight is 163 g/mol. The highest BCUT2D eigenvalue weighted by Gasteiger charge is 1.73. The van der Waals surface area contributed by atoms with Crippen LogP contribution in [-0.4, -0.2) is 11.9 Å². The minimum Gasteiger partial charge on any atom is -0.369 e. The lowest BCUT2D eigenvalue weighted by atomic mass is 11.1. The van der Waals surface area contributed by atoms with E-state index in [1.807, 2.05) is 5.43 Å². The van der Waals surface area contributed by atoms with Gasteiger partial charge in [0, 0.05) is 0 Å². The monoisotopic (exact) mass is 163 g/mol. The summed E-state index contributed by atoms with van der Waals surface area (Å²) in [7, 11) is 0. The van der Waals surface area contributed by atoms with E-state index in [1.54, 1.807) is 0 Å². The van der Waals surface area contributed by atoms with Gasteiger partial charge in [-0.1, -0.05) is 0 Å². The van der Waals surface area contributed by atoms with Crippen LogP contribution in [0.25, 0.3) is 0 Å². The van der Waals surface area contributed by atoms with Crippen LogP contribution in [0.3, 0.4) is 0 Å². The van der Waals surface area contributed by atoms with Crippen LogP contribution in [0.4, 0.5) is 0 Å². The number of hydrogen-bond acceptors (Lipinski definition) is 5. The Balaban J connectivity index is 0. The van der Waals surface area contributed by atoms with Crippen molar-refractivity contribution in [3.8, 4) is 0 Å². The van der Waals surface area contributed by atoms with Crippen LogP contribution in [-0.2, 0) is 0 Å². The zero-order valence-electron chi connectivity index (χ0n) is 5.86. The predicted octanol–water partition coefficient (Wildman–Crippen LogP) is -4.23. The van der Waals surface area contributed by atoms with Crippen LogP contribution >= 0.6 is 0 Å². The number of hydrazine groups is 1. The highest BCUT2D eigenvalue weighted by Crippen LogP contribution is 1.38. The molecule has 13 N–H and O–H groups in total. The summed E-state index contributed by atoms with van der Waals surface area (Å²) in [6.07, 6.45) is 0. The van der Waals surface area contributed by atoms with Crippen LogP contribution in [0.5, 0.6) is 0 Å². The van der Waals surface area contributed by atoms with Crippen molar-refractivity contribution < 1.29 is 0 Å². The van der Waals surface area contributed by atoms with E-state index in [9.17, 15) is 0 Å². The van der Waals surface area contributed by atoms with E-state index in [0.717, 1.165) is 0 Å². The summed E-state index contributed by atoms with van der Waals surface area (Å²) in [4.78, 5) is 0. The van der Waals surface area contributed by atoms with Crippen LogP contribution in [0.15, 0.2) is 10.2 Å². The van der Waals surface area contributed by atoms with Gasteiger partial charge in [0.05, 0.1) is 0 Å². The molecule has 0 aliphatic rings. The molecule has 0 aromatic carbocycles. The first-order valence-electron chi connectivity index (χ1n) is 2.37. The Morgan fingerprint density at radius 1 is 1.00 bits per heavy atom. The highest BCUT2D eigenvalue weighted by atomic mass is 15.3. The zero-order valence-corrected chi connectivity index (χ0v) is 5.86. The Hall–Kier alpha value is -1.90. The lowest BCUT2D eigenvalue weighted by Gasteiger charge is -1.89. The SMILES string of the molecule is NN=C(N)N.NN=C(N)NN. The number of hydrogen-bond donors (Lipinski definition) is 7. The Bertz CT molecular complexity index is 130. The summed E-state index contributed by atoms with van der Waals surface area (Å²) in [5.74, 6) is 13.7. The van der Waals surface area contributed by atoms with Gasteiger partial charge in [0.15, 0.2) is 0 Å². The molecule has 0 aromatic rings. The Labute approximate surface area is 63.4 Å². The minimum atomic E-state index is -0.0926. The van der Waals surface area contributed by atoms with Gasteiger partial charge in [-0.3, -0.25) is 5.43 Å². The quantitative estimate of drug-likeness (QED) is 0.0812. The second-order valence-corrected chi connectivity index (χ2v) is 1.21. The van der Waals surface area contributed by atoms with Gasteiger partial charge in [0.25, 0.3) is 0 Å². The molecule has 0 saturated carbocycles. The fourth-order valence-electron chi connectivity index (χ4n) is 0.0373. The van der Waals surface area contributed by atoms with Crippen molar-refractivity contribution in [1.29, 1.82) is 0 Å². The number of nitrogens with two attached hydrogens (primary N) is 6. The number of guanidine groups is 2. The molecule has 0 aromatic heterocycles. The first-order valence-corrected chi connectivity index (χ1v) is 2.37. The fourth-order valence-corrected chi connectivity index (χ4v) is 0.0373. The number of hydrazone groups is 2. The Morgan fingerprint density at radius 3 is 1.36 bits per heavy atom. The number of nitrogens with zero attached hydrogens (tertiary/aromatic N) is 2. The molecule has 0 saturated heterocycles. The molecular weight excluding hydrogens is 150 g/mol. The minimum absolute atomic E-state index is 0.0231. The summed E-state index contributed by atoms with van der Waals surface area (Å²) >= 11 is 0. The Kier molecular flexibility index (Phi) is 8.72. The van der Waals surface area contributed by atoms with Crippen molar-refractivity contribution in [2.75, 3.05) is 0 Å². The predicted molar refractivity (Wildman–Crippen MR) is 43.1 cm³/mol. The van der Waals surface area contributed by atoms with Crippen LogP contribution in [0.2, 0.25) is 0 Å². The van der Waals surface area contributed by atoms with Gasteiger partial charge in [-0.25, -0.2) is 5.84 Å². The van der Waals surface area contributed by atoms with E-state index in [2.05, 4.69) is 21.9 Å². The van der Waals surface area contributed by atoms with E-state index in [-0.39, 0.29) is 11.9 Å². The van der Waals surface area contributed by atoms with Crippen molar-refractivity contribution in [2.45, 2.75) is 0 Å². The maximum absolute atomic E-state index is 4.86. The molecule has 9 nitrogen and oxygen atoms in total. The normalized spacial score (nSPS) is 9.00. The number of nitrogens with one attached hydrogen (secondary N) is 1. The smallest absolute Gasteiger partial charge is 0.224 e. The molecule has 0 fully saturated rings. The lowest BCUT2D eigenvalue weighted by molar-refractivity contribution is 0.986. The first kappa shape index (κ1) is 11.8. The van der Waals surface area contributed by atoms with Crippen LogP contribution < -0.4 is 40.2 Å². The largest absolute Gasteiger partial charge is 0.369 e. The van der Waals surface area contributed by atoms with Gasteiger partial charge in [-0.05, 0) is 0 Å². The van der Waals surface area contributed by atoms with E-state index >= 15 is 0 Å². The van der Waals surface area contributed by atoms with Crippen molar-refractivity contribution in [3.63, 3.8) is 0 Å². The molecule has 0 amide bonds. The molecule has 0 atom stereocenters. The molecule has 0 aliphatic heterocycles.